The normalized spacial score (nSPS) is 15.5. The standard InChI is InChI=1S/C34H30F3N3O6/c1-2-45-33(43)28-25(16-9-20-7-14-23(15-8-20)34(35,36)37)40(44)30-26-6-3-17-39(26)32(42)29(30)27(28)21-10-12-22(13-11-21)31(41)38-19-24-5-4-18-46-24/h4-5,7-8,10-15,18,26H,2-3,6,9,16-17,19H2,1H3,(H,38,41)/t26-/m0/s1. The second-order valence-corrected chi connectivity index (χ2v) is 11.2. The number of nitrogens with zero attached hydrogens (tertiary/aromatic N) is 2. The Morgan fingerprint density at radius 1 is 1.07 bits per heavy atom. The molecule has 238 valence electrons. The van der Waals surface area contributed by atoms with E-state index in [-0.39, 0.29) is 65.9 Å². The van der Waals surface area contributed by atoms with Gasteiger partial charge in [-0.1, -0.05) is 24.3 Å². The number of amides is 2. The van der Waals surface area contributed by atoms with E-state index < -0.39 is 23.8 Å². The summed E-state index contributed by atoms with van der Waals surface area (Å²) in [7, 11) is 0. The van der Waals surface area contributed by atoms with Crippen LogP contribution in [0.4, 0.5) is 13.2 Å². The highest BCUT2D eigenvalue weighted by molar-refractivity contribution is 6.10. The molecule has 2 amide bonds. The van der Waals surface area contributed by atoms with E-state index in [1.807, 2.05) is 0 Å². The largest absolute Gasteiger partial charge is 0.618 e. The summed E-state index contributed by atoms with van der Waals surface area (Å²) in [4.78, 5) is 41.8. The topological polar surface area (TPSA) is 116 Å². The third-order valence-electron chi connectivity index (χ3n) is 8.40. The molecule has 0 saturated carbocycles. The molecule has 0 spiro atoms. The summed E-state index contributed by atoms with van der Waals surface area (Å²) >= 11 is 0. The van der Waals surface area contributed by atoms with Crippen LogP contribution < -0.4 is 10.0 Å². The Labute approximate surface area is 262 Å². The molecule has 2 aliphatic heterocycles. The molecule has 46 heavy (non-hydrogen) atoms. The summed E-state index contributed by atoms with van der Waals surface area (Å²) in [6.07, 6.45) is -1.54. The summed E-state index contributed by atoms with van der Waals surface area (Å²) < 4.78 is 50.7. The van der Waals surface area contributed by atoms with Gasteiger partial charge in [0.2, 0.25) is 11.4 Å². The first-order valence-electron chi connectivity index (χ1n) is 15.0. The number of aromatic nitrogens is 1. The zero-order valence-corrected chi connectivity index (χ0v) is 24.9. The molecule has 1 saturated heterocycles. The van der Waals surface area contributed by atoms with Crippen molar-refractivity contribution in [2.75, 3.05) is 13.2 Å². The number of carbonyl (C=O) groups is 3. The predicted molar refractivity (Wildman–Crippen MR) is 159 cm³/mol. The highest BCUT2D eigenvalue weighted by atomic mass is 19.4. The maximum atomic E-state index is 14.1. The number of hydrogen-bond donors (Lipinski definition) is 1. The van der Waals surface area contributed by atoms with Crippen LogP contribution in [0.3, 0.4) is 0 Å². The van der Waals surface area contributed by atoms with Crippen molar-refractivity contribution >= 4 is 17.8 Å². The average Bonchev–Trinajstić information content (AvgIpc) is 3.79. The summed E-state index contributed by atoms with van der Waals surface area (Å²) in [5.41, 5.74) is 1.10. The number of fused-ring (bicyclic) bond motifs is 3. The van der Waals surface area contributed by atoms with Crippen molar-refractivity contribution in [2.24, 2.45) is 0 Å². The quantitative estimate of drug-likeness (QED) is 0.142. The van der Waals surface area contributed by atoms with E-state index in [0.29, 0.717) is 46.6 Å². The Hall–Kier alpha value is -5.13. The zero-order chi connectivity index (χ0) is 32.6. The van der Waals surface area contributed by atoms with Gasteiger partial charge in [-0.25, -0.2) is 4.79 Å². The number of rotatable bonds is 9. The minimum Gasteiger partial charge on any atom is -0.618 e. The number of carbonyl (C=O) groups excluding carboxylic acids is 3. The van der Waals surface area contributed by atoms with E-state index >= 15 is 0 Å². The molecule has 2 aromatic carbocycles. The lowest BCUT2D eigenvalue weighted by molar-refractivity contribution is -0.624. The van der Waals surface area contributed by atoms with Crippen LogP contribution in [-0.4, -0.2) is 35.8 Å². The van der Waals surface area contributed by atoms with E-state index in [2.05, 4.69) is 5.32 Å². The lowest BCUT2D eigenvalue weighted by atomic mass is 9.89. The van der Waals surface area contributed by atoms with E-state index in [9.17, 15) is 32.8 Å². The number of ether oxygens (including phenoxy) is 1. The molecule has 2 aromatic heterocycles. The number of hydrogen-bond acceptors (Lipinski definition) is 6. The summed E-state index contributed by atoms with van der Waals surface area (Å²) in [6.45, 7) is 2.27. The molecule has 0 unspecified atom stereocenters. The van der Waals surface area contributed by atoms with Crippen LogP contribution in [0, 0.1) is 5.21 Å². The van der Waals surface area contributed by atoms with Crippen LogP contribution in [0.2, 0.25) is 0 Å². The monoisotopic (exact) mass is 633 g/mol. The first-order valence-corrected chi connectivity index (χ1v) is 15.0. The Balaban J connectivity index is 1.43. The first kappa shape index (κ1) is 30.9. The fourth-order valence-corrected chi connectivity index (χ4v) is 6.23. The van der Waals surface area contributed by atoms with E-state index in [4.69, 9.17) is 9.15 Å². The lowest BCUT2D eigenvalue weighted by Crippen LogP contribution is -2.41. The molecule has 1 fully saturated rings. The molecule has 1 N–H and O–H groups in total. The number of esters is 1. The predicted octanol–water partition coefficient (Wildman–Crippen LogP) is 5.78. The van der Waals surface area contributed by atoms with Crippen LogP contribution >= 0.6 is 0 Å². The van der Waals surface area contributed by atoms with Gasteiger partial charge in [0.25, 0.3) is 11.8 Å². The average molecular weight is 634 g/mol. The van der Waals surface area contributed by atoms with Crippen molar-refractivity contribution < 1.29 is 41.4 Å². The van der Waals surface area contributed by atoms with Crippen molar-refractivity contribution in [3.63, 3.8) is 0 Å². The molecule has 1 atom stereocenters. The molecule has 2 aliphatic rings. The van der Waals surface area contributed by atoms with Crippen molar-refractivity contribution in [3.05, 3.63) is 117 Å². The zero-order valence-electron chi connectivity index (χ0n) is 24.9. The van der Waals surface area contributed by atoms with Gasteiger partial charge in [-0.15, -0.1) is 0 Å². The van der Waals surface area contributed by atoms with Gasteiger partial charge in [0.1, 0.15) is 22.9 Å². The Morgan fingerprint density at radius 2 is 1.80 bits per heavy atom. The molecule has 4 heterocycles. The Kier molecular flexibility index (Phi) is 8.28. The molecule has 6 rings (SSSR count). The summed E-state index contributed by atoms with van der Waals surface area (Å²) in [6, 6.07) is 14.0. The van der Waals surface area contributed by atoms with Crippen molar-refractivity contribution in [3.8, 4) is 11.1 Å². The number of alkyl halides is 3. The second-order valence-electron chi connectivity index (χ2n) is 11.2. The van der Waals surface area contributed by atoms with Gasteiger partial charge in [-0.05, 0) is 73.7 Å². The van der Waals surface area contributed by atoms with Gasteiger partial charge in [0.15, 0.2) is 0 Å². The lowest BCUT2D eigenvalue weighted by Gasteiger charge is -2.19. The number of aryl methyl sites for hydroxylation is 1. The molecule has 4 aromatic rings. The van der Waals surface area contributed by atoms with E-state index in [1.54, 1.807) is 48.2 Å². The van der Waals surface area contributed by atoms with Crippen molar-refractivity contribution in [1.82, 2.24) is 10.2 Å². The first-order chi connectivity index (χ1) is 22.1. The third kappa shape index (κ3) is 5.70. The number of halogens is 3. The highest BCUT2D eigenvalue weighted by Crippen LogP contribution is 2.45. The maximum Gasteiger partial charge on any atom is 0.416 e. The summed E-state index contributed by atoms with van der Waals surface area (Å²) in [5, 5.41) is 16.9. The van der Waals surface area contributed by atoms with Gasteiger partial charge in [0.05, 0.1) is 25.0 Å². The van der Waals surface area contributed by atoms with Gasteiger partial charge in [-0.2, -0.15) is 17.9 Å². The number of furan rings is 1. The molecule has 0 radical (unpaired) electrons. The van der Waals surface area contributed by atoms with Crippen LogP contribution in [0.25, 0.3) is 11.1 Å². The van der Waals surface area contributed by atoms with Crippen LogP contribution in [0.1, 0.15) is 85.2 Å². The van der Waals surface area contributed by atoms with Crippen molar-refractivity contribution in [2.45, 2.75) is 51.4 Å². The minimum absolute atomic E-state index is 0.00251. The smallest absolute Gasteiger partial charge is 0.416 e. The number of benzene rings is 2. The van der Waals surface area contributed by atoms with E-state index in [1.165, 1.54) is 18.4 Å². The van der Waals surface area contributed by atoms with Crippen LogP contribution in [0.5, 0.6) is 0 Å². The van der Waals surface area contributed by atoms with Crippen LogP contribution in [0.15, 0.2) is 71.3 Å². The fraction of sp³-hybridized carbons (Fsp3) is 0.294. The van der Waals surface area contributed by atoms with Gasteiger partial charge in [-0.3, -0.25) is 9.59 Å². The third-order valence-corrected chi connectivity index (χ3v) is 8.40. The molecular formula is C34H30F3N3O6. The van der Waals surface area contributed by atoms with Gasteiger partial charge in [0, 0.05) is 24.1 Å². The fourth-order valence-electron chi connectivity index (χ4n) is 6.23. The SMILES string of the molecule is CCOC(=O)c1c(-c2ccc(C(=O)NCc3ccco3)cc2)c2c([n+]([O-])c1CCc1ccc(C(F)(F)F)cc1)[C@@H]1CCCN1C2=O. The molecule has 9 nitrogen and oxygen atoms in total. The second kappa shape index (κ2) is 12.3. The summed E-state index contributed by atoms with van der Waals surface area (Å²) in [5.74, 6) is -0.944. The minimum atomic E-state index is -4.49. The molecule has 0 aliphatic carbocycles. The van der Waals surface area contributed by atoms with E-state index in [0.717, 1.165) is 12.1 Å². The van der Waals surface area contributed by atoms with Gasteiger partial charge < -0.3 is 24.6 Å². The van der Waals surface area contributed by atoms with Gasteiger partial charge >= 0.3 is 12.1 Å². The Morgan fingerprint density at radius 3 is 2.46 bits per heavy atom. The highest BCUT2D eigenvalue weighted by Gasteiger charge is 2.50. The number of pyridine rings is 1. The van der Waals surface area contributed by atoms with Crippen LogP contribution in [-0.2, 0) is 30.3 Å². The number of nitrogens with one attached hydrogen (secondary N) is 1. The molecule has 12 heteroatoms. The maximum absolute atomic E-state index is 14.1. The Bertz CT molecular complexity index is 1790. The molecule has 0 bridgehead atoms. The van der Waals surface area contributed by atoms with Crippen molar-refractivity contribution in [1.29, 1.82) is 0 Å². The molecular weight excluding hydrogens is 603 g/mol.